The molecule has 1 N–H and O–H groups in total. The van der Waals surface area contributed by atoms with Crippen LogP contribution in [0.2, 0.25) is 0 Å². The summed E-state index contributed by atoms with van der Waals surface area (Å²) in [5.41, 5.74) is 0.869. The molecular formula is C8H6Br2NO4P. The molecule has 2 rings (SSSR count). The van der Waals surface area contributed by atoms with Crippen LogP contribution < -0.4 is 4.52 Å². The van der Waals surface area contributed by atoms with Crippen LogP contribution in [0.3, 0.4) is 0 Å². The number of rotatable bonds is 4. The Morgan fingerprint density at radius 2 is 1.94 bits per heavy atom. The van der Waals surface area contributed by atoms with Crippen LogP contribution in [0.1, 0.15) is 0 Å². The minimum absolute atomic E-state index is 0.404. The first-order chi connectivity index (χ1) is 7.68. The highest BCUT2D eigenvalue weighted by molar-refractivity contribution is 9.07. The summed E-state index contributed by atoms with van der Waals surface area (Å²) < 4.78 is 25.9. The molecule has 0 fully saturated rings. The Bertz CT molecular complexity index is 536. The zero-order valence-corrected chi connectivity index (χ0v) is 11.8. The molecule has 0 atom stereocenters. The zero-order valence-electron chi connectivity index (χ0n) is 7.72. The fourth-order valence-electron chi connectivity index (χ4n) is 1.30. The summed E-state index contributed by atoms with van der Waals surface area (Å²) >= 11 is 5.19. The SMILES string of the molecule is O=P(OBr)(OBr)Oc1cccc2[nH]ccc12. The molecule has 0 aliphatic carbocycles. The smallest absolute Gasteiger partial charge is 0.402 e. The van der Waals surface area contributed by atoms with E-state index in [4.69, 9.17) is 4.52 Å². The molecule has 0 aliphatic rings. The highest BCUT2D eigenvalue weighted by Gasteiger charge is 2.28. The molecule has 0 amide bonds. The van der Waals surface area contributed by atoms with Crippen LogP contribution in [0.25, 0.3) is 10.9 Å². The highest BCUT2D eigenvalue weighted by atomic mass is 79.9. The van der Waals surface area contributed by atoms with Crippen molar-refractivity contribution in [2.45, 2.75) is 0 Å². The van der Waals surface area contributed by atoms with E-state index in [0.29, 0.717) is 5.75 Å². The van der Waals surface area contributed by atoms with Gasteiger partial charge in [0.05, 0.1) is 0 Å². The Labute approximate surface area is 109 Å². The third-order valence-corrected chi connectivity index (χ3v) is 4.82. The fourth-order valence-corrected chi connectivity index (χ4v) is 2.96. The predicted molar refractivity (Wildman–Crippen MR) is 66.6 cm³/mol. The van der Waals surface area contributed by atoms with Crippen molar-refractivity contribution >= 4 is 51.2 Å². The minimum Gasteiger partial charge on any atom is -0.402 e. The number of aromatic nitrogens is 1. The van der Waals surface area contributed by atoms with Crippen LogP contribution in [0.5, 0.6) is 5.75 Å². The first-order valence-corrected chi connectivity index (χ1v) is 6.90. The van der Waals surface area contributed by atoms with E-state index in [1.807, 2.05) is 6.07 Å². The van der Waals surface area contributed by atoms with Crippen LogP contribution in [0.4, 0.5) is 0 Å². The number of hydrogen-bond acceptors (Lipinski definition) is 4. The zero-order chi connectivity index (χ0) is 11.6. The normalized spacial score (nSPS) is 11.9. The Morgan fingerprint density at radius 3 is 2.62 bits per heavy atom. The number of benzene rings is 1. The topological polar surface area (TPSA) is 60.6 Å². The molecule has 0 radical (unpaired) electrons. The molecule has 1 aromatic carbocycles. The van der Waals surface area contributed by atoms with Gasteiger partial charge in [0.1, 0.15) is 38.3 Å². The van der Waals surface area contributed by atoms with Crippen molar-refractivity contribution in [2.24, 2.45) is 0 Å². The van der Waals surface area contributed by atoms with Gasteiger partial charge in [-0.3, -0.25) is 0 Å². The predicted octanol–water partition coefficient (Wildman–Crippen LogP) is 4.31. The maximum absolute atomic E-state index is 11.7. The highest BCUT2D eigenvalue weighted by Crippen LogP contribution is 2.53. The van der Waals surface area contributed by atoms with E-state index in [-0.39, 0.29) is 0 Å². The maximum atomic E-state index is 11.7. The monoisotopic (exact) mass is 369 g/mol. The number of halogens is 2. The van der Waals surface area contributed by atoms with Crippen molar-refractivity contribution in [1.82, 2.24) is 4.98 Å². The molecule has 0 unspecified atom stereocenters. The van der Waals surface area contributed by atoms with E-state index in [0.717, 1.165) is 10.9 Å². The van der Waals surface area contributed by atoms with Gasteiger partial charge in [-0.25, -0.2) is 4.57 Å². The quantitative estimate of drug-likeness (QED) is 0.815. The lowest BCUT2D eigenvalue weighted by Crippen LogP contribution is -1.92. The van der Waals surface area contributed by atoms with Crippen molar-refractivity contribution in [2.75, 3.05) is 0 Å². The summed E-state index contributed by atoms with van der Waals surface area (Å²) in [6.45, 7) is 0. The van der Waals surface area contributed by atoms with Gasteiger partial charge in [-0.05, 0) is 18.2 Å². The summed E-state index contributed by atoms with van der Waals surface area (Å²) in [7, 11) is -3.66. The van der Waals surface area contributed by atoms with Crippen molar-refractivity contribution in [3.63, 3.8) is 0 Å². The molecule has 1 aromatic heterocycles. The van der Waals surface area contributed by atoms with E-state index >= 15 is 0 Å². The van der Waals surface area contributed by atoms with E-state index < -0.39 is 7.82 Å². The number of phosphoric acid groups is 1. The molecule has 8 heteroatoms. The molecular weight excluding hydrogens is 365 g/mol. The lowest BCUT2D eigenvalue weighted by Gasteiger charge is -2.11. The molecule has 0 saturated heterocycles. The largest absolute Gasteiger partial charge is 0.552 e. The van der Waals surface area contributed by atoms with Crippen molar-refractivity contribution in [1.29, 1.82) is 0 Å². The molecule has 0 spiro atoms. The van der Waals surface area contributed by atoms with Crippen LogP contribution in [0, 0.1) is 0 Å². The van der Waals surface area contributed by atoms with E-state index in [1.54, 1.807) is 24.4 Å². The van der Waals surface area contributed by atoms with Crippen molar-refractivity contribution < 1.29 is 16.3 Å². The molecule has 86 valence electrons. The maximum Gasteiger partial charge on any atom is 0.552 e. The number of H-pyrrole nitrogens is 1. The van der Waals surface area contributed by atoms with Crippen LogP contribution >= 0.6 is 40.3 Å². The third-order valence-electron chi connectivity index (χ3n) is 1.93. The number of fused-ring (bicyclic) bond motifs is 1. The van der Waals surface area contributed by atoms with Crippen molar-refractivity contribution in [3.8, 4) is 5.75 Å². The Morgan fingerprint density at radius 1 is 1.19 bits per heavy atom. The van der Waals surface area contributed by atoms with Gasteiger partial charge >= 0.3 is 7.82 Å². The van der Waals surface area contributed by atoms with E-state index in [1.165, 1.54) is 0 Å². The van der Waals surface area contributed by atoms with Crippen LogP contribution in [0.15, 0.2) is 30.5 Å². The van der Waals surface area contributed by atoms with Crippen LogP contribution in [-0.4, -0.2) is 4.98 Å². The summed E-state index contributed by atoms with van der Waals surface area (Å²) in [4.78, 5) is 3.01. The summed E-state index contributed by atoms with van der Waals surface area (Å²) in [5, 5.41) is 0.789. The van der Waals surface area contributed by atoms with Gasteiger partial charge in [-0.15, -0.1) is 0 Å². The molecule has 2 aromatic rings. The van der Waals surface area contributed by atoms with Gasteiger partial charge in [0.2, 0.25) is 0 Å². The van der Waals surface area contributed by atoms with Gasteiger partial charge < -0.3 is 9.51 Å². The Balaban J connectivity index is 2.41. The lowest BCUT2D eigenvalue weighted by atomic mass is 10.2. The van der Waals surface area contributed by atoms with Gasteiger partial charge in [0, 0.05) is 17.1 Å². The van der Waals surface area contributed by atoms with Gasteiger partial charge in [0.25, 0.3) is 0 Å². The number of nitrogens with one attached hydrogen (secondary N) is 1. The third kappa shape index (κ3) is 2.33. The minimum atomic E-state index is -3.66. The first-order valence-electron chi connectivity index (χ1n) is 4.15. The molecule has 0 aliphatic heterocycles. The van der Waals surface area contributed by atoms with Crippen molar-refractivity contribution in [3.05, 3.63) is 30.5 Å². The number of aromatic amines is 1. The van der Waals surface area contributed by atoms with Gasteiger partial charge in [-0.1, -0.05) is 6.07 Å². The van der Waals surface area contributed by atoms with E-state index in [9.17, 15) is 4.57 Å². The van der Waals surface area contributed by atoms with Gasteiger partial charge in [-0.2, -0.15) is 7.23 Å². The standard InChI is InChI=1S/C8H6Br2NO4P/c9-14-16(12,15-10)13-8-3-1-2-7-6(8)4-5-11-7/h1-5,11H. The summed E-state index contributed by atoms with van der Waals surface area (Å²) in [6, 6.07) is 7.11. The molecule has 1 heterocycles. The molecule has 5 nitrogen and oxygen atoms in total. The Hall–Kier alpha value is -0.330. The molecule has 0 bridgehead atoms. The average Bonchev–Trinajstić information content (AvgIpc) is 2.78. The second-order valence-electron chi connectivity index (χ2n) is 2.87. The number of hydrogen-bond donors (Lipinski definition) is 1. The second-order valence-corrected chi connectivity index (χ2v) is 5.96. The second kappa shape index (κ2) is 4.89. The van der Waals surface area contributed by atoms with Gasteiger partial charge in [0.15, 0.2) is 0 Å². The molecule has 0 saturated carbocycles. The summed E-state index contributed by atoms with van der Waals surface area (Å²) in [6.07, 6.45) is 1.76. The fraction of sp³-hybridized carbons (Fsp3) is 0. The lowest BCUT2D eigenvalue weighted by molar-refractivity contribution is 0.344. The van der Waals surface area contributed by atoms with E-state index in [2.05, 4.69) is 44.7 Å². The Kier molecular flexibility index (Phi) is 3.71. The van der Waals surface area contributed by atoms with Crippen LogP contribution in [-0.2, 0) is 11.8 Å². The molecule has 16 heavy (non-hydrogen) atoms. The average molecular weight is 371 g/mol. The first kappa shape index (κ1) is 12.1. The summed E-state index contributed by atoms with van der Waals surface area (Å²) in [5.74, 6) is 0.404.